The second kappa shape index (κ2) is 4.65. The summed E-state index contributed by atoms with van der Waals surface area (Å²) in [6.45, 7) is 4.16. The molecule has 0 fully saturated rings. The number of aromatic amines is 1. The molecule has 0 amide bonds. The molecule has 1 atom stereocenters. The van der Waals surface area contributed by atoms with Crippen LogP contribution < -0.4 is 11.4 Å². The molecule has 1 aromatic heterocycles. The molecule has 0 bridgehead atoms. The fourth-order valence-electron chi connectivity index (χ4n) is 0.825. The smallest absolute Gasteiger partial charge is 0.327 e. The van der Waals surface area contributed by atoms with Gasteiger partial charge in [0.15, 0.2) is 5.16 Å². The van der Waals surface area contributed by atoms with E-state index in [1.54, 1.807) is 7.05 Å². The molecule has 0 saturated carbocycles. The molecule has 0 aromatic carbocycles. The topological polar surface area (TPSA) is 76.7 Å². The number of nitrogens with two attached hydrogens (primary N) is 1. The van der Waals surface area contributed by atoms with E-state index in [-0.39, 0.29) is 11.7 Å². The minimum absolute atomic E-state index is 0.131. The first-order valence-electron chi connectivity index (χ1n) is 4.52. The van der Waals surface area contributed by atoms with Gasteiger partial charge in [0.25, 0.3) is 0 Å². The third kappa shape index (κ3) is 2.62. The summed E-state index contributed by atoms with van der Waals surface area (Å²) in [4.78, 5) is 11.0. The van der Waals surface area contributed by atoms with Crippen LogP contribution in [0.4, 0.5) is 0 Å². The van der Waals surface area contributed by atoms with E-state index in [1.807, 2.05) is 0 Å². The van der Waals surface area contributed by atoms with E-state index < -0.39 is 0 Å². The molecule has 1 unspecified atom stereocenters. The maximum atomic E-state index is 11.0. The third-order valence-electron chi connectivity index (χ3n) is 2.10. The second-order valence-corrected chi connectivity index (χ2v) is 4.58. The van der Waals surface area contributed by atoms with Gasteiger partial charge < -0.3 is 5.73 Å². The Morgan fingerprint density at radius 1 is 1.64 bits per heavy atom. The highest BCUT2D eigenvalue weighted by Gasteiger charge is 2.11. The van der Waals surface area contributed by atoms with Crippen molar-refractivity contribution in [2.75, 3.05) is 5.75 Å². The zero-order valence-electron chi connectivity index (χ0n) is 8.65. The van der Waals surface area contributed by atoms with Crippen molar-refractivity contribution in [1.29, 1.82) is 0 Å². The van der Waals surface area contributed by atoms with Crippen LogP contribution in [0.1, 0.15) is 13.8 Å². The van der Waals surface area contributed by atoms with Crippen molar-refractivity contribution in [3.63, 3.8) is 0 Å². The Morgan fingerprint density at radius 3 is 2.71 bits per heavy atom. The van der Waals surface area contributed by atoms with Crippen LogP contribution in [0.3, 0.4) is 0 Å². The number of rotatable bonds is 4. The minimum atomic E-state index is -0.189. The normalized spacial score (nSPS) is 13.5. The first kappa shape index (κ1) is 11.3. The monoisotopic (exact) mass is 216 g/mol. The van der Waals surface area contributed by atoms with Gasteiger partial charge in [0, 0.05) is 18.8 Å². The summed E-state index contributed by atoms with van der Waals surface area (Å²) in [5.41, 5.74) is 5.69. The van der Waals surface area contributed by atoms with Crippen molar-refractivity contribution in [3.8, 4) is 0 Å². The van der Waals surface area contributed by atoms with Crippen molar-refractivity contribution < 1.29 is 0 Å². The third-order valence-corrected chi connectivity index (χ3v) is 3.27. The molecule has 3 N–H and O–H groups in total. The number of H-pyrrole nitrogens is 1. The quantitative estimate of drug-likeness (QED) is 0.704. The minimum Gasteiger partial charge on any atom is -0.327 e. The van der Waals surface area contributed by atoms with Crippen molar-refractivity contribution in [1.82, 2.24) is 14.8 Å². The van der Waals surface area contributed by atoms with Gasteiger partial charge in [0.2, 0.25) is 0 Å². The van der Waals surface area contributed by atoms with Gasteiger partial charge in [-0.05, 0) is 5.92 Å². The van der Waals surface area contributed by atoms with Crippen LogP contribution in [0.2, 0.25) is 0 Å². The highest BCUT2D eigenvalue weighted by Crippen LogP contribution is 2.15. The van der Waals surface area contributed by atoms with E-state index in [9.17, 15) is 4.79 Å². The van der Waals surface area contributed by atoms with Crippen LogP contribution in [0.5, 0.6) is 0 Å². The predicted molar refractivity (Wildman–Crippen MR) is 57.4 cm³/mol. The van der Waals surface area contributed by atoms with Crippen molar-refractivity contribution >= 4 is 11.8 Å². The average molecular weight is 216 g/mol. The summed E-state index contributed by atoms with van der Waals surface area (Å²) >= 11 is 1.50. The Bertz CT molecular complexity index is 343. The molecular weight excluding hydrogens is 200 g/mol. The summed E-state index contributed by atoms with van der Waals surface area (Å²) < 4.78 is 1.48. The second-order valence-electron chi connectivity index (χ2n) is 3.59. The average Bonchev–Trinajstić information content (AvgIpc) is 2.44. The molecule has 1 heterocycles. The van der Waals surface area contributed by atoms with E-state index in [0.717, 1.165) is 5.75 Å². The first-order valence-corrected chi connectivity index (χ1v) is 5.50. The van der Waals surface area contributed by atoms with Crippen LogP contribution in [-0.4, -0.2) is 26.6 Å². The number of nitrogens with zero attached hydrogens (tertiary/aromatic N) is 2. The Hall–Kier alpha value is -0.750. The van der Waals surface area contributed by atoms with Crippen LogP contribution in [0.15, 0.2) is 9.95 Å². The van der Waals surface area contributed by atoms with Crippen LogP contribution >= 0.6 is 11.8 Å². The molecule has 0 aliphatic heterocycles. The summed E-state index contributed by atoms with van der Waals surface area (Å²) in [5, 5.41) is 6.95. The first-order chi connectivity index (χ1) is 6.52. The van der Waals surface area contributed by atoms with E-state index in [2.05, 4.69) is 24.0 Å². The highest BCUT2D eigenvalue weighted by atomic mass is 32.2. The lowest BCUT2D eigenvalue weighted by Crippen LogP contribution is -2.29. The molecule has 0 radical (unpaired) electrons. The van der Waals surface area contributed by atoms with Gasteiger partial charge in [-0.1, -0.05) is 25.6 Å². The molecule has 0 aliphatic rings. The molecule has 80 valence electrons. The summed E-state index contributed by atoms with van der Waals surface area (Å²) in [5.74, 6) is 1.22. The number of thioether (sulfide) groups is 1. The van der Waals surface area contributed by atoms with Gasteiger partial charge >= 0.3 is 5.69 Å². The van der Waals surface area contributed by atoms with E-state index in [0.29, 0.717) is 11.1 Å². The molecule has 1 rings (SSSR count). The maximum absolute atomic E-state index is 11.0. The Labute approximate surface area is 87.1 Å². The van der Waals surface area contributed by atoms with Crippen LogP contribution in [0, 0.1) is 5.92 Å². The Morgan fingerprint density at radius 2 is 2.29 bits per heavy atom. The van der Waals surface area contributed by atoms with Crippen molar-refractivity contribution in [3.05, 3.63) is 10.5 Å². The maximum Gasteiger partial charge on any atom is 0.343 e. The fourth-order valence-corrected chi connectivity index (χ4v) is 1.94. The molecule has 1 aromatic rings. The van der Waals surface area contributed by atoms with E-state index in [1.165, 1.54) is 16.3 Å². The van der Waals surface area contributed by atoms with Gasteiger partial charge in [-0.15, -0.1) is 5.10 Å². The van der Waals surface area contributed by atoms with Gasteiger partial charge in [0.05, 0.1) is 0 Å². The summed E-state index contributed by atoms with van der Waals surface area (Å²) in [6.07, 6.45) is 0. The standard InChI is InChI=1S/C8H16N4OS/c1-5(2)6(9)4-14-8-11-10-7(13)12(8)3/h5-6H,4,9H2,1-3H3,(H,10,13). The lowest BCUT2D eigenvalue weighted by Gasteiger charge is -2.13. The Kier molecular flexibility index (Phi) is 3.77. The number of hydrogen-bond acceptors (Lipinski definition) is 4. The number of aromatic nitrogens is 3. The Balaban J connectivity index is 2.54. The van der Waals surface area contributed by atoms with Crippen molar-refractivity contribution in [2.24, 2.45) is 18.7 Å². The summed E-state index contributed by atoms with van der Waals surface area (Å²) in [7, 11) is 1.69. The van der Waals surface area contributed by atoms with Gasteiger partial charge in [-0.25, -0.2) is 9.89 Å². The molecule has 0 spiro atoms. The van der Waals surface area contributed by atoms with Gasteiger partial charge in [-0.2, -0.15) is 0 Å². The number of nitrogens with one attached hydrogen (secondary N) is 1. The van der Waals surface area contributed by atoms with E-state index >= 15 is 0 Å². The molecular formula is C8H16N4OS. The largest absolute Gasteiger partial charge is 0.343 e. The van der Waals surface area contributed by atoms with Crippen LogP contribution in [-0.2, 0) is 7.05 Å². The van der Waals surface area contributed by atoms with Crippen LogP contribution in [0.25, 0.3) is 0 Å². The highest BCUT2D eigenvalue weighted by molar-refractivity contribution is 7.99. The molecule has 6 heteroatoms. The molecule has 0 aliphatic carbocycles. The summed E-state index contributed by atoms with van der Waals surface area (Å²) in [6, 6.07) is 0.131. The zero-order valence-corrected chi connectivity index (χ0v) is 9.47. The van der Waals surface area contributed by atoms with Crippen molar-refractivity contribution in [2.45, 2.75) is 25.0 Å². The number of hydrogen-bond donors (Lipinski definition) is 2. The van der Waals surface area contributed by atoms with E-state index in [4.69, 9.17) is 5.73 Å². The lowest BCUT2D eigenvalue weighted by molar-refractivity contribution is 0.535. The van der Waals surface area contributed by atoms with Gasteiger partial charge in [-0.3, -0.25) is 4.57 Å². The molecule has 5 nitrogen and oxygen atoms in total. The SMILES string of the molecule is CC(C)C(N)CSc1n[nH]c(=O)n1C. The predicted octanol–water partition coefficient (Wildman–Crippen LogP) is 0.184. The molecule has 0 saturated heterocycles. The molecule has 14 heavy (non-hydrogen) atoms. The zero-order chi connectivity index (χ0) is 10.7. The lowest BCUT2D eigenvalue weighted by atomic mass is 10.1. The van der Waals surface area contributed by atoms with Gasteiger partial charge in [0.1, 0.15) is 0 Å². The fraction of sp³-hybridized carbons (Fsp3) is 0.750.